The highest BCUT2D eigenvalue weighted by atomic mass is 16.5. The molecule has 30 heavy (non-hydrogen) atoms. The fraction of sp³-hybridized carbons (Fsp3) is 0.318. The number of para-hydroxylation sites is 2. The smallest absolute Gasteiger partial charge is 0.298 e. The minimum Gasteiger partial charge on any atom is -0.492 e. The first kappa shape index (κ1) is 19.9. The summed E-state index contributed by atoms with van der Waals surface area (Å²) in [7, 11) is 1.93. The molecule has 4 rings (SSSR count). The highest BCUT2D eigenvalue weighted by Gasteiger charge is 2.18. The van der Waals surface area contributed by atoms with Gasteiger partial charge in [-0.15, -0.1) is 0 Å². The summed E-state index contributed by atoms with van der Waals surface area (Å²) < 4.78 is 22.5. The molecule has 0 saturated heterocycles. The lowest BCUT2D eigenvalue weighted by atomic mass is 10.1. The van der Waals surface area contributed by atoms with Crippen LogP contribution in [0.25, 0.3) is 11.1 Å². The summed E-state index contributed by atoms with van der Waals surface area (Å²) in [4.78, 5) is 10.5. The maximum absolute atomic E-state index is 5.87. The molecule has 2 heterocycles. The SMILES string of the molecule is CCOC(Cc1ccc(OCCN(C)c2nc3ccccc3o2)cc1)c1ncno1. The second-order valence-corrected chi connectivity index (χ2v) is 6.81. The second-order valence-electron chi connectivity index (χ2n) is 6.81. The minimum atomic E-state index is -0.255. The van der Waals surface area contributed by atoms with Gasteiger partial charge in [0.25, 0.3) is 11.9 Å². The number of fused-ring (bicyclic) bond motifs is 1. The van der Waals surface area contributed by atoms with E-state index in [1.807, 2.05) is 67.4 Å². The standard InChI is InChI=1S/C22H24N4O4/c1-3-27-20(21-23-15-24-30-21)14-16-8-10-17(11-9-16)28-13-12-26(2)22-25-18-6-4-5-7-19(18)29-22/h4-11,15,20H,3,12-14H2,1-2H3. The molecule has 8 heteroatoms. The summed E-state index contributed by atoms with van der Waals surface area (Å²) in [5, 5.41) is 3.66. The van der Waals surface area contributed by atoms with Crippen molar-refractivity contribution in [2.24, 2.45) is 0 Å². The van der Waals surface area contributed by atoms with E-state index < -0.39 is 0 Å². The van der Waals surface area contributed by atoms with Crippen molar-refractivity contribution in [2.45, 2.75) is 19.4 Å². The van der Waals surface area contributed by atoms with Crippen molar-refractivity contribution in [1.29, 1.82) is 0 Å². The van der Waals surface area contributed by atoms with Gasteiger partial charge in [0.2, 0.25) is 0 Å². The Labute approximate surface area is 174 Å². The average molecular weight is 408 g/mol. The minimum absolute atomic E-state index is 0.255. The number of nitrogens with zero attached hydrogens (tertiary/aromatic N) is 4. The predicted molar refractivity (Wildman–Crippen MR) is 112 cm³/mol. The number of aromatic nitrogens is 3. The van der Waals surface area contributed by atoms with Gasteiger partial charge in [-0.2, -0.15) is 9.97 Å². The molecule has 1 atom stereocenters. The normalized spacial score (nSPS) is 12.2. The van der Waals surface area contributed by atoms with E-state index in [-0.39, 0.29) is 6.10 Å². The van der Waals surface area contributed by atoms with Gasteiger partial charge < -0.3 is 23.3 Å². The molecule has 0 radical (unpaired) electrons. The van der Waals surface area contributed by atoms with Gasteiger partial charge in [-0.05, 0) is 36.8 Å². The van der Waals surface area contributed by atoms with E-state index in [4.69, 9.17) is 18.4 Å². The molecule has 0 fully saturated rings. The van der Waals surface area contributed by atoms with Crippen molar-refractivity contribution < 1.29 is 18.4 Å². The zero-order valence-corrected chi connectivity index (χ0v) is 17.0. The third-order valence-electron chi connectivity index (χ3n) is 4.67. The molecule has 0 saturated carbocycles. The molecule has 1 unspecified atom stereocenters. The molecule has 2 aromatic carbocycles. The highest BCUT2D eigenvalue weighted by molar-refractivity contribution is 5.74. The van der Waals surface area contributed by atoms with Crippen molar-refractivity contribution in [3.05, 3.63) is 66.3 Å². The van der Waals surface area contributed by atoms with E-state index in [0.717, 1.165) is 22.4 Å². The van der Waals surface area contributed by atoms with E-state index in [9.17, 15) is 0 Å². The maximum Gasteiger partial charge on any atom is 0.298 e. The number of anilines is 1. The largest absolute Gasteiger partial charge is 0.492 e. The van der Waals surface area contributed by atoms with Gasteiger partial charge in [-0.1, -0.05) is 29.4 Å². The molecule has 0 aliphatic heterocycles. The molecule has 156 valence electrons. The number of rotatable bonds is 10. The monoisotopic (exact) mass is 408 g/mol. The summed E-state index contributed by atoms with van der Waals surface area (Å²) in [5.74, 6) is 1.29. The Balaban J connectivity index is 1.29. The lowest BCUT2D eigenvalue weighted by Crippen LogP contribution is -2.23. The van der Waals surface area contributed by atoms with E-state index in [1.165, 1.54) is 6.33 Å². The molecule has 0 N–H and O–H groups in total. The zero-order chi connectivity index (χ0) is 20.8. The third kappa shape index (κ3) is 4.77. The van der Waals surface area contributed by atoms with Gasteiger partial charge >= 0.3 is 0 Å². The van der Waals surface area contributed by atoms with E-state index >= 15 is 0 Å². The lowest BCUT2D eigenvalue weighted by Gasteiger charge is -2.15. The topological polar surface area (TPSA) is 86.7 Å². The molecular formula is C22H24N4O4. The number of ether oxygens (including phenoxy) is 2. The van der Waals surface area contributed by atoms with Crippen molar-refractivity contribution in [2.75, 3.05) is 31.7 Å². The van der Waals surface area contributed by atoms with Crippen LogP contribution < -0.4 is 9.64 Å². The van der Waals surface area contributed by atoms with Gasteiger partial charge in [0.1, 0.15) is 24.0 Å². The van der Waals surface area contributed by atoms with Crippen LogP contribution >= 0.6 is 0 Å². The maximum atomic E-state index is 5.87. The van der Waals surface area contributed by atoms with Crippen LogP contribution in [0.2, 0.25) is 0 Å². The number of benzene rings is 2. The summed E-state index contributed by atoms with van der Waals surface area (Å²) >= 11 is 0. The molecule has 0 aliphatic carbocycles. The van der Waals surface area contributed by atoms with Crippen molar-refractivity contribution in [1.82, 2.24) is 15.1 Å². The first-order chi connectivity index (χ1) is 14.7. The summed E-state index contributed by atoms with van der Waals surface area (Å²) in [6.07, 6.45) is 1.78. The lowest BCUT2D eigenvalue weighted by molar-refractivity contribution is 0.0388. The van der Waals surface area contributed by atoms with Gasteiger partial charge in [0, 0.05) is 20.1 Å². The van der Waals surface area contributed by atoms with Crippen LogP contribution in [-0.2, 0) is 11.2 Å². The summed E-state index contributed by atoms with van der Waals surface area (Å²) in [5.41, 5.74) is 2.73. The second kappa shape index (κ2) is 9.41. The van der Waals surface area contributed by atoms with Crippen LogP contribution in [0.5, 0.6) is 5.75 Å². The number of hydrogen-bond acceptors (Lipinski definition) is 8. The quantitative estimate of drug-likeness (QED) is 0.388. The van der Waals surface area contributed by atoms with Crippen LogP contribution in [0.4, 0.5) is 6.01 Å². The number of oxazole rings is 1. The van der Waals surface area contributed by atoms with Crippen LogP contribution in [0.15, 0.2) is 63.8 Å². The molecule has 4 aromatic rings. The molecular weight excluding hydrogens is 384 g/mol. The first-order valence-electron chi connectivity index (χ1n) is 9.89. The van der Waals surface area contributed by atoms with Crippen LogP contribution in [0, 0.1) is 0 Å². The van der Waals surface area contributed by atoms with Crippen molar-refractivity contribution in [3.63, 3.8) is 0 Å². The average Bonchev–Trinajstić information content (AvgIpc) is 3.44. The van der Waals surface area contributed by atoms with Crippen LogP contribution in [0.3, 0.4) is 0 Å². The Hall–Kier alpha value is -3.39. The van der Waals surface area contributed by atoms with Crippen molar-refractivity contribution >= 4 is 17.1 Å². The molecule has 8 nitrogen and oxygen atoms in total. The third-order valence-corrected chi connectivity index (χ3v) is 4.67. The Kier molecular flexibility index (Phi) is 6.24. The van der Waals surface area contributed by atoms with E-state index in [1.54, 1.807) is 0 Å². The van der Waals surface area contributed by atoms with E-state index in [2.05, 4.69) is 15.1 Å². The Morgan fingerprint density at radius 2 is 1.93 bits per heavy atom. The predicted octanol–water partition coefficient (Wildman–Crippen LogP) is 4.05. The molecule has 0 aliphatic rings. The summed E-state index contributed by atoms with van der Waals surface area (Å²) in [6.45, 7) is 3.68. The Bertz CT molecular complexity index is 1010. The molecule has 2 aromatic heterocycles. The number of hydrogen-bond donors (Lipinski definition) is 0. The van der Waals surface area contributed by atoms with Crippen LogP contribution in [-0.4, -0.2) is 41.9 Å². The Morgan fingerprint density at radius 1 is 1.10 bits per heavy atom. The van der Waals surface area contributed by atoms with Gasteiger partial charge in [-0.3, -0.25) is 0 Å². The highest BCUT2D eigenvalue weighted by Crippen LogP contribution is 2.23. The zero-order valence-electron chi connectivity index (χ0n) is 17.0. The van der Waals surface area contributed by atoms with Crippen molar-refractivity contribution in [3.8, 4) is 5.75 Å². The fourth-order valence-electron chi connectivity index (χ4n) is 3.10. The Morgan fingerprint density at radius 3 is 2.67 bits per heavy atom. The first-order valence-corrected chi connectivity index (χ1v) is 9.89. The molecule has 0 bridgehead atoms. The fourth-order valence-corrected chi connectivity index (χ4v) is 3.10. The van der Waals surface area contributed by atoms with Gasteiger partial charge in [-0.25, -0.2) is 0 Å². The van der Waals surface area contributed by atoms with Gasteiger partial charge in [0.15, 0.2) is 11.9 Å². The molecule has 0 amide bonds. The number of likely N-dealkylation sites (N-methyl/N-ethyl adjacent to an activating group) is 1. The van der Waals surface area contributed by atoms with Gasteiger partial charge in [0.05, 0.1) is 6.54 Å². The van der Waals surface area contributed by atoms with E-state index in [0.29, 0.717) is 38.1 Å². The molecule has 0 spiro atoms. The van der Waals surface area contributed by atoms with Crippen LogP contribution in [0.1, 0.15) is 24.5 Å². The summed E-state index contributed by atoms with van der Waals surface area (Å²) in [6, 6.07) is 16.2.